The summed E-state index contributed by atoms with van der Waals surface area (Å²) < 4.78 is 50.0. The first-order chi connectivity index (χ1) is 8.82. The standard InChI is InChI=1S/C10H6F2N2O4S/c11-7-2-1-6(5-8(7)12)19(17,18)14-4-3-9(13-14)10(15)16/h1-5H,(H,15,16). The zero-order chi connectivity index (χ0) is 14.2. The molecule has 0 bridgehead atoms. The van der Waals surface area contributed by atoms with E-state index in [1.807, 2.05) is 0 Å². The molecule has 0 radical (unpaired) electrons. The van der Waals surface area contributed by atoms with Crippen molar-refractivity contribution in [3.63, 3.8) is 0 Å². The molecule has 6 nitrogen and oxygen atoms in total. The van der Waals surface area contributed by atoms with Crippen LogP contribution >= 0.6 is 0 Å². The van der Waals surface area contributed by atoms with E-state index in [9.17, 15) is 22.0 Å². The number of hydrogen-bond acceptors (Lipinski definition) is 4. The van der Waals surface area contributed by atoms with Gasteiger partial charge in [0.15, 0.2) is 17.3 Å². The summed E-state index contributed by atoms with van der Waals surface area (Å²) >= 11 is 0. The molecule has 0 atom stereocenters. The Hall–Kier alpha value is -2.29. The van der Waals surface area contributed by atoms with Crippen molar-refractivity contribution in [2.75, 3.05) is 0 Å². The summed E-state index contributed by atoms with van der Waals surface area (Å²) in [6, 6.07) is 2.98. The van der Waals surface area contributed by atoms with Gasteiger partial charge in [-0.05, 0) is 24.3 Å². The monoisotopic (exact) mass is 288 g/mol. The molecule has 19 heavy (non-hydrogen) atoms. The predicted octanol–water partition coefficient (Wildman–Crippen LogP) is 1.10. The van der Waals surface area contributed by atoms with E-state index in [0.717, 1.165) is 18.3 Å². The topological polar surface area (TPSA) is 89.3 Å². The van der Waals surface area contributed by atoms with Crippen LogP contribution in [-0.4, -0.2) is 28.7 Å². The van der Waals surface area contributed by atoms with Gasteiger partial charge in [0.25, 0.3) is 10.0 Å². The van der Waals surface area contributed by atoms with Gasteiger partial charge in [-0.1, -0.05) is 0 Å². The van der Waals surface area contributed by atoms with E-state index in [4.69, 9.17) is 5.11 Å². The number of carboxylic acids is 1. The average molecular weight is 288 g/mol. The second-order valence-electron chi connectivity index (χ2n) is 3.46. The summed E-state index contributed by atoms with van der Waals surface area (Å²) in [6.45, 7) is 0. The molecular weight excluding hydrogens is 282 g/mol. The van der Waals surface area contributed by atoms with Crippen molar-refractivity contribution in [3.8, 4) is 0 Å². The van der Waals surface area contributed by atoms with Crippen LogP contribution in [0.5, 0.6) is 0 Å². The predicted molar refractivity (Wildman–Crippen MR) is 58.1 cm³/mol. The first-order valence-corrected chi connectivity index (χ1v) is 6.26. The van der Waals surface area contributed by atoms with Gasteiger partial charge in [-0.3, -0.25) is 0 Å². The van der Waals surface area contributed by atoms with Crippen molar-refractivity contribution in [3.05, 3.63) is 47.8 Å². The fourth-order valence-electron chi connectivity index (χ4n) is 1.30. The van der Waals surface area contributed by atoms with Crippen LogP contribution in [0.1, 0.15) is 10.5 Å². The number of nitrogens with zero attached hydrogens (tertiary/aromatic N) is 2. The Bertz CT molecular complexity index is 755. The van der Waals surface area contributed by atoms with Gasteiger partial charge >= 0.3 is 5.97 Å². The van der Waals surface area contributed by atoms with E-state index in [1.54, 1.807) is 0 Å². The Kier molecular flexibility index (Phi) is 3.06. The lowest BCUT2D eigenvalue weighted by atomic mass is 10.3. The third kappa shape index (κ3) is 2.32. The molecule has 1 heterocycles. The van der Waals surface area contributed by atoms with E-state index in [0.29, 0.717) is 16.2 Å². The molecule has 0 aliphatic heterocycles. The highest BCUT2D eigenvalue weighted by Crippen LogP contribution is 2.16. The number of halogens is 2. The molecule has 100 valence electrons. The maximum Gasteiger partial charge on any atom is 0.356 e. The first kappa shape index (κ1) is 13.1. The normalized spacial score (nSPS) is 11.5. The van der Waals surface area contributed by atoms with Gasteiger partial charge < -0.3 is 5.11 Å². The van der Waals surface area contributed by atoms with E-state index in [2.05, 4.69) is 5.10 Å². The lowest BCUT2D eigenvalue weighted by molar-refractivity contribution is 0.0690. The van der Waals surface area contributed by atoms with Gasteiger partial charge in [0, 0.05) is 6.20 Å². The van der Waals surface area contributed by atoms with Crippen molar-refractivity contribution in [1.29, 1.82) is 0 Å². The van der Waals surface area contributed by atoms with Gasteiger partial charge in [-0.25, -0.2) is 13.6 Å². The average Bonchev–Trinajstić information content (AvgIpc) is 2.82. The molecular formula is C10H6F2N2O4S. The van der Waals surface area contributed by atoms with Gasteiger partial charge in [0.05, 0.1) is 4.90 Å². The Morgan fingerprint density at radius 1 is 1.21 bits per heavy atom. The molecule has 1 aromatic heterocycles. The number of aromatic carboxylic acids is 1. The van der Waals surface area contributed by atoms with Crippen LogP contribution in [0.3, 0.4) is 0 Å². The smallest absolute Gasteiger partial charge is 0.356 e. The minimum absolute atomic E-state index is 0.378. The maximum absolute atomic E-state index is 13.0. The third-order valence-corrected chi connectivity index (χ3v) is 3.77. The number of hydrogen-bond donors (Lipinski definition) is 1. The fraction of sp³-hybridized carbons (Fsp3) is 0. The van der Waals surface area contributed by atoms with Crippen LogP contribution in [0.15, 0.2) is 35.4 Å². The molecule has 9 heteroatoms. The second kappa shape index (κ2) is 4.43. The van der Waals surface area contributed by atoms with Gasteiger partial charge in [-0.2, -0.15) is 17.6 Å². The molecule has 2 aromatic rings. The lowest BCUT2D eigenvalue weighted by Crippen LogP contribution is -2.15. The van der Waals surface area contributed by atoms with Crippen molar-refractivity contribution >= 4 is 16.0 Å². The Balaban J connectivity index is 2.52. The number of rotatable bonds is 3. The highest BCUT2D eigenvalue weighted by Gasteiger charge is 2.21. The number of carbonyl (C=O) groups is 1. The summed E-state index contributed by atoms with van der Waals surface area (Å²) in [5.41, 5.74) is -0.480. The maximum atomic E-state index is 13.0. The second-order valence-corrected chi connectivity index (χ2v) is 5.26. The van der Waals surface area contributed by atoms with Crippen LogP contribution in [0, 0.1) is 11.6 Å². The van der Waals surface area contributed by atoms with Crippen LogP contribution in [-0.2, 0) is 10.0 Å². The molecule has 0 aliphatic rings. The zero-order valence-electron chi connectivity index (χ0n) is 9.12. The summed E-state index contributed by atoms with van der Waals surface area (Å²) in [6.07, 6.45) is 0.903. The molecule has 1 N–H and O–H groups in total. The van der Waals surface area contributed by atoms with Crippen LogP contribution in [0.2, 0.25) is 0 Å². The highest BCUT2D eigenvalue weighted by molar-refractivity contribution is 7.89. The van der Waals surface area contributed by atoms with Crippen LogP contribution in [0.4, 0.5) is 8.78 Å². The zero-order valence-corrected chi connectivity index (χ0v) is 9.93. The van der Waals surface area contributed by atoms with Gasteiger partial charge in [0.2, 0.25) is 0 Å². The summed E-state index contributed by atoms with van der Waals surface area (Å²) in [7, 11) is -4.26. The molecule has 0 fully saturated rings. The van der Waals surface area contributed by atoms with Gasteiger partial charge in [-0.15, -0.1) is 0 Å². The molecule has 0 amide bonds. The Labute approximate surface area is 106 Å². The van der Waals surface area contributed by atoms with Crippen LogP contribution in [0.25, 0.3) is 0 Å². The molecule has 1 aromatic carbocycles. The lowest BCUT2D eigenvalue weighted by Gasteiger charge is -2.04. The largest absolute Gasteiger partial charge is 0.476 e. The van der Waals surface area contributed by atoms with E-state index in [1.165, 1.54) is 0 Å². The summed E-state index contributed by atoms with van der Waals surface area (Å²) in [5, 5.41) is 12.0. The van der Waals surface area contributed by atoms with E-state index in [-0.39, 0.29) is 0 Å². The Morgan fingerprint density at radius 3 is 2.42 bits per heavy atom. The molecule has 0 aliphatic carbocycles. The molecule has 0 saturated carbocycles. The molecule has 0 unspecified atom stereocenters. The number of carboxylic acid groups (broad SMARTS) is 1. The minimum atomic E-state index is -4.26. The minimum Gasteiger partial charge on any atom is -0.476 e. The quantitative estimate of drug-likeness (QED) is 0.913. The summed E-state index contributed by atoms with van der Waals surface area (Å²) in [5.74, 6) is -3.92. The fourth-order valence-corrected chi connectivity index (χ4v) is 2.43. The Morgan fingerprint density at radius 2 is 1.89 bits per heavy atom. The van der Waals surface area contributed by atoms with E-state index >= 15 is 0 Å². The van der Waals surface area contributed by atoms with Crippen molar-refractivity contribution in [2.24, 2.45) is 0 Å². The number of benzene rings is 1. The van der Waals surface area contributed by atoms with Crippen LogP contribution < -0.4 is 0 Å². The molecule has 2 rings (SSSR count). The van der Waals surface area contributed by atoms with Crippen molar-refractivity contribution in [2.45, 2.75) is 4.90 Å². The van der Waals surface area contributed by atoms with E-state index < -0.39 is 38.2 Å². The third-order valence-electron chi connectivity index (χ3n) is 2.22. The first-order valence-electron chi connectivity index (χ1n) is 4.82. The SMILES string of the molecule is O=C(O)c1ccn(S(=O)(=O)c2ccc(F)c(F)c2)n1. The van der Waals surface area contributed by atoms with Gasteiger partial charge in [0.1, 0.15) is 0 Å². The number of aromatic nitrogens is 2. The molecule has 0 saturated heterocycles. The highest BCUT2D eigenvalue weighted by atomic mass is 32.2. The summed E-state index contributed by atoms with van der Waals surface area (Å²) in [4.78, 5) is 10.1. The van der Waals surface area contributed by atoms with Crippen molar-refractivity contribution in [1.82, 2.24) is 9.19 Å². The van der Waals surface area contributed by atoms with Crippen molar-refractivity contribution < 1.29 is 27.1 Å². The molecule has 0 spiro atoms.